The van der Waals surface area contributed by atoms with Crippen LogP contribution < -0.4 is 20.9 Å². The molecule has 3 N–H and O–H groups in total. The molecule has 0 bridgehead atoms. The lowest BCUT2D eigenvalue weighted by molar-refractivity contribution is -0.121. The summed E-state index contributed by atoms with van der Waals surface area (Å²) in [7, 11) is 0. The molecule has 5 rings (SSSR count). The minimum absolute atomic E-state index is 0.0290. The first kappa shape index (κ1) is 25.9. The number of carbonyl (C=O) groups is 3. The fourth-order valence-electron chi connectivity index (χ4n) is 4.22. The molecule has 0 atom stereocenters. The van der Waals surface area contributed by atoms with E-state index in [9.17, 15) is 14.4 Å². The van der Waals surface area contributed by atoms with Crippen LogP contribution in [0.15, 0.2) is 72.9 Å². The van der Waals surface area contributed by atoms with Gasteiger partial charge in [-0.25, -0.2) is 4.98 Å². The number of hydrogen-bond acceptors (Lipinski definition) is 7. The molecular formula is C28H29N7O4. The van der Waals surface area contributed by atoms with Gasteiger partial charge in [-0.1, -0.05) is 24.3 Å². The van der Waals surface area contributed by atoms with Gasteiger partial charge in [-0.3, -0.25) is 19.1 Å². The topological polar surface area (TPSA) is 130 Å². The quantitative estimate of drug-likeness (QED) is 0.284. The van der Waals surface area contributed by atoms with Gasteiger partial charge in [0.15, 0.2) is 0 Å². The number of pyridine rings is 1. The number of benzene rings is 2. The molecule has 3 heterocycles. The number of aromatic nitrogens is 3. The monoisotopic (exact) mass is 527 g/mol. The van der Waals surface area contributed by atoms with Crippen LogP contribution in [0.2, 0.25) is 0 Å². The van der Waals surface area contributed by atoms with Crippen molar-refractivity contribution in [3.05, 3.63) is 84.2 Å². The summed E-state index contributed by atoms with van der Waals surface area (Å²) < 4.78 is 6.93. The van der Waals surface area contributed by atoms with Crippen molar-refractivity contribution >= 4 is 40.1 Å². The second-order valence-corrected chi connectivity index (χ2v) is 9.01. The Balaban J connectivity index is 1.13. The van der Waals surface area contributed by atoms with Gasteiger partial charge in [0.2, 0.25) is 5.91 Å². The van der Waals surface area contributed by atoms with E-state index in [0.29, 0.717) is 48.8 Å². The van der Waals surface area contributed by atoms with E-state index in [-0.39, 0.29) is 24.3 Å². The largest absolute Gasteiger partial charge is 0.378 e. The summed E-state index contributed by atoms with van der Waals surface area (Å²) >= 11 is 0. The zero-order chi connectivity index (χ0) is 27.0. The maximum atomic E-state index is 12.9. The summed E-state index contributed by atoms with van der Waals surface area (Å²) in [5.41, 5.74) is 2.19. The molecule has 0 unspecified atom stereocenters. The summed E-state index contributed by atoms with van der Waals surface area (Å²) in [6.07, 6.45) is 1.75. The highest BCUT2D eigenvalue weighted by Crippen LogP contribution is 2.19. The van der Waals surface area contributed by atoms with E-state index in [0.717, 1.165) is 24.3 Å². The summed E-state index contributed by atoms with van der Waals surface area (Å²) in [5.74, 6) is 0.0262. The number of amides is 3. The number of carbonyl (C=O) groups excluding carboxylic acids is 3. The van der Waals surface area contributed by atoms with Gasteiger partial charge in [0.05, 0.1) is 18.7 Å². The standard InChI is InChI=1S/C28H29N7O4/c36-26(29-11-12-30-27(37)20-5-2-1-3-6-20)19-35-18-21-17-22(9-10-23(21)33-35)31-28(38)24-7-4-8-25(32-24)34-13-15-39-16-14-34/h1-10,17-18H,11-16,19H2,(H,29,36)(H,30,37)(H,31,38). The maximum Gasteiger partial charge on any atom is 0.274 e. The predicted molar refractivity (Wildman–Crippen MR) is 147 cm³/mol. The number of morpholine rings is 1. The van der Waals surface area contributed by atoms with Crippen LogP contribution >= 0.6 is 0 Å². The van der Waals surface area contributed by atoms with Gasteiger partial charge < -0.3 is 25.6 Å². The third-order valence-electron chi connectivity index (χ3n) is 6.19. The molecular weight excluding hydrogens is 498 g/mol. The highest BCUT2D eigenvalue weighted by Gasteiger charge is 2.15. The zero-order valence-electron chi connectivity index (χ0n) is 21.3. The molecule has 0 aliphatic carbocycles. The zero-order valence-corrected chi connectivity index (χ0v) is 21.3. The van der Waals surface area contributed by atoms with E-state index < -0.39 is 0 Å². The van der Waals surface area contributed by atoms with Crippen molar-refractivity contribution in [2.24, 2.45) is 0 Å². The summed E-state index contributed by atoms with van der Waals surface area (Å²) in [6, 6.07) is 19.6. The lowest BCUT2D eigenvalue weighted by Crippen LogP contribution is -2.37. The normalized spacial score (nSPS) is 13.2. The van der Waals surface area contributed by atoms with E-state index in [1.165, 1.54) is 0 Å². The van der Waals surface area contributed by atoms with Crippen molar-refractivity contribution in [3.8, 4) is 0 Å². The Morgan fingerprint density at radius 2 is 1.67 bits per heavy atom. The number of nitrogens with zero attached hydrogens (tertiary/aromatic N) is 4. The first-order chi connectivity index (χ1) is 19.0. The molecule has 11 heteroatoms. The lowest BCUT2D eigenvalue weighted by Gasteiger charge is -2.27. The molecule has 39 heavy (non-hydrogen) atoms. The molecule has 0 saturated carbocycles. The minimum Gasteiger partial charge on any atom is -0.378 e. The Kier molecular flexibility index (Phi) is 8.08. The van der Waals surface area contributed by atoms with Crippen molar-refractivity contribution in [2.75, 3.05) is 49.6 Å². The van der Waals surface area contributed by atoms with Gasteiger partial charge in [0.1, 0.15) is 18.1 Å². The molecule has 1 fully saturated rings. The van der Waals surface area contributed by atoms with E-state index in [1.807, 2.05) is 18.2 Å². The Hall–Kier alpha value is -4.77. The van der Waals surface area contributed by atoms with E-state index in [2.05, 4.69) is 30.9 Å². The highest BCUT2D eigenvalue weighted by molar-refractivity contribution is 6.04. The smallest absolute Gasteiger partial charge is 0.274 e. The second-order valence-electron chi connectivity index (χ2n) is 9.01. The number of nitrogens with one attached hydrogen (secondary N) is 3. The van der Waals surface area contributed by atoms with E-state index in [1.54, 1.807) is 59.4 Å². The van der Waals surface area contributed by atoms with Crippen LogP contribution in [-0.2, 0) is 16.1 Å². The Bertz CT molecular complexity index is 1470. The fraction of sp³-hybridized carbons (Fsp3) is 0.250. The van der Waals surface area contributed by atoms with Crippen molar-refractivity contribution in [3.63, 3.8) is 0 Å². The number of anilines is 2. The van der Waals surface area contributed by atoms with Crippen LogP contribution in [0, 0.1) is 0 Å². The first-order valence-electron chi connectivity index (χ1n) is 12.7. The van der Waals surface area contributed by atoms with E-state index >= 15 is 0 Å². The Morgan fingerprint density at radius 3 is 2.49 bits per heavy atom. The van der Waals surface area contributed by atoms with Crippen LogP contribution in [-0.4, -0.2) is 71.9 Å². The third kappa shape index (κ3) is 6.76. The molecule has 1 saturated heterocycles. The molecule has 0 spiro atoms. The van der Waals surface area contributed by atoms with Crippen molar-refractivity contribution < 1.29 is 19.1 Å². The van der Waals surface area contributed by atoms with Gasteiger partial charge >= 0.3 is 0 Å². The molecule has 0 radical (unpaired) electrons. The summed E-state index contributed by atoms with van der Waals surface area (Å²) in [6.45, 7) is 3.40. The average molecular weight is 528 g/mol. The molecule has 4 aromatic rings. The Morgan fingerprint density at radius 1 is 0.872 bits per heavy atom. The van der Waals surface area contributed by atoms with Gasteiger partial charge in [-0.2, -0.15) is 5.10 Å². The maximum absolute atomic E-state index is 12.9. The third-order valence-corrected chi connectivity index (χ3v) is 6.19. The van der Waals surface area contributed by atoms with Gasteiger partial charge in [0, 0.05) is 49.0 Å². The van der Waals surface area contributed by atoms with Gasteiger partial charge in [0.25, 0.3) is 11.8 Å². The number of ether oxygens (including phenoxy) is 1. The van der Waals surface area contributed by atoms with Gasteiger partial charge in [-0.05, 0) is 42.5 Å². The molecule has 1 aliphatic rings. The highest BCUT2D eigenvalue weighted by atomic mass is 16.5. The Labute approximate surface area is 225 Å². The fourth-order valence-corrected chi connectivity index (χ4v) is 4.22. The van der Waals surface area contributed by atoms with Crippen LogP contribution in [0.1, 0.15) is 20.8 Å². The summed E-state index contributed by atoms with van der Waals surface area (Å²) in [5, 5.41) is 13.7. The number of rotatable bonds is 9. The summed E-state index contributed by atoms with van der Waals surface area (Å²) in [4.78, 5) is 43.9. The van der Waals surface area contributed by atoms with Crippen LogP contribution in [0.3, 0.4) is 0 Å². The van der Waals surface area contributed by atoms with Crippen LogP contribution in [0.5, 0.6) is 0 Å². The molecule has 11 nitrogen and oxygen atoms in total. The van der Waals surface area contributed by atoms with Gasteiger partial charge in [-0.15, -0.1) is 0 Å². The second kappa shape index (κ2) is 12.2. The predicted octanol–water partition coefficient (Wildman–Crippen LogP) is 2.07. The first-order valence-corrected chi connectivity index (χ1v) is 12.7. The molecule has 3 amide bonds. The SMILES string of the molecule is O=C(Cn1cc2cc(NC(=O)c3cccc(N4CCOCC4)n3)ccc2n1)NCCNC(=O)c1ccccc1. The number of hydrogen-bond donors (Lipinski definition) is 3. The van der Waals surface area contributed by atoms with Crippen LogP contribution in [0.25, 0.3) is 10.9 Å². The van der Waals surface area contributed by atoms with Crippen LogP contribution in [0.4, 0.5) is 11.5 Å². The molecule has 200 valence electrons. The van der Waals surface area contributed by atoms with Crippen molar-refractivity contribution in [1.82, 2.24) is 25.4 Å². The lowest BCUT2D eigenvalue weighted by atomic mass is 10.2. The van der Waals surface area contributed by atoms with Crippen molar-refractivity contribution in [2.45, 2.75) is 6.54 Å². The number of fused-ring (bicyclic) bond motifs is 1. The van der Waals surface area contributed by atoms with E-state index in [4.69, 9.17) is 4.74 Å². The average Bonchev–Trinajstić information content (AvgIpc) is 3.37. The van der Waals surface area contributed by atoms with Crippen molar-refractivity contribution in [1.29, 1.82) is 0 Å². The molecule has 2 aromatic heterocycles. The minimum atomic E-state index is -0.310. The molecule has 1 aliphatic heterocycles. The molecule has 2 aromatic carbocycles.